The minimum Gasteiger partial charge on any atom is -0.467 e. The Kier molecular flexibility index (Phi) is 5.30. The number of fused-ring (bicyclic) bond motifs is 1. The van der Waals surface area contributed by atoms with E-state index in [4.69, 9.17) is 13.9 Å². The van der Waals surface area contributed by atoms with Crippen LogP contribution in [0.25, 0.3) is 0 Å². The molecule has 2 heterocycles. The number of nitrogens with zero attached hydrogens (tertiary/aromatic N) is 2. The van der Waals surface area contributed by atoms with Gasteiger partial charge in [-0.1, -0.05) is 24.3 Å². The van der Waals surface area contributed by atoms with Crippen LogP contribution >= 0.6 is 0 Å². The van der Waals surface area contributed by atoms with Crippen molar-refractivity contribution in [2.24, 2.45) is 0 Å². The number of anilines is 1. The Morgan fingerprint density at radius 1 is 0.964 bits per heavy atom. The monoisotopic (exact) mass is 378 g/mol. The Morgan fingerprint density at radius 2 is 1.79 bits per heavy atom. The van der Waals surface area contributed by atoms with E-state index in [1.54, 1.807) is 11.2 Å². The predicted octanol–water partition coefficient (Wildman–Crippen LogP) is 3.67. The first-order chi connectivity index (χ1) is 13.7. The number of likely N-dealkylation sites (N-methyl/N-ethyl adjacent to an activating group) is 1. The van der Waals surface area contributed by atoms with E-state index < -0.39 is 0 Å². The van der Waals surface area contributed by atoms with Gasteiger partial charge in [-0.25, -0.2) is 0 Å². The van der Waals surface area contributed by atoms with Gasteiger partial charge in [0.2, 0.25) is 12.7 Å². The molecule has 144 valence electrons. The summed E-state index contributed by atoms with van der Waals surface area (Å²) in [4.78, 5) is 16.8. The quantitative estimate of drug-likeness (QED) is 0.628. The zero-order chi connectivity index (χ0) is 19.3. The van der Waals surface area contributed by atoms with E-state index in [2.05, 4.69) is 0 Å². The van der Waals surface area contributed by atoms with E-state index in [0.717, 1.165) is 28.5 Å². The lowest BCUT2D eigenvalue weighted by Gasteiger charge is -2.25. The van der Waals surface area contributed by atoms with Gasteiger partial charge in [-0.05, 0) is 49.0 Å². The average molecular weight is 378 g/mol. The Bertz CT molecular complexity index is 925. The molecule has 0 saturated carbocycles. The van der Waals surface area contributed by atoms with Gasteiger partial charge in [-0.15, -0.1) is 0 Å². The summed E-state index contributed by atoms with van der Waals surface area (Å²) in [6.45, 7) is 1.56. The summed E-state index contributed by atoms with van der Waals surface area (Å²) in [6, 6.07) is 19.2. The molecule has 6 heteroatoms. The molecule has 0 saturated heterocycles. The molecule has 3 aromatic rings. The number of ether oxygens (including phenoxy) is 2. The van der Waals surface area contributed by atoms with Gasteiger partial charge >= 0.3 is 0 Å². The molecule has 1 aromatic heterocycles. The maximum Gasteiger partial charge on any atom is 0.241 e. The van der Waals surface area contributed by atoms with Crippen molar-refractivity contribution in [3.8, 4) is 11.5 Å². The first-order valence-electron chi connectivity index (χ1n) is 9.14. The van der Waals surface area contributed by atoms with Gasteiger partial charge in [0.05, 0.1) is 19.4 Å². The van der Waals surface area contributed by atoms with E-state index in [9.17, 15) is 4.79 Å². The highest BCUT2D eigenvalue weighted by Gasteiger charge is 2.20. The second-order valence-corrected chi connectivity index (χ2v) is 6.75. The minimum absolute atomic E-state index is 0.00541. The van der Waals surface area contributed by atoms with Gasteiger partial charge in [0.25, 0.3) is 0 Å². The summed E-state index contributed by atoms with van der Waals surface area (Å²) in [5.74, 6) is 2.26. The highest BCUT2D eigenvalue weighted by Crippen LogP contribution is 2.32. The third kappa shape index (κ3) is 4.18. The maximum atomic E-state index is 13.1. The molecule has 28 heavy (non-hydrogen) atoms. The van der Waals surface area contributed by atoms with E-state index >= 15 is 0 Å². The molecule has 0 N–H and O–H groups in total. The average Bonchev–Trinajstić information content (AvgIpc) is 3.38. The van der Waals surface area contributed by atoms with Gasteiger partial charge in [-0.3, -0.25) is 9.69 Å². The number of benzene rings is 2. The molecule has 0 radical (unpaired) electrons. The molecule has 1 aliphatic rings. The minimum atomic E-state index is 0.00541. The van der Waals surface area contributed by atoms with Crippen LogP contribution in [0.3, 0.4) is 0 Å². The molecule has 4 rings (SSSR count). The van der Waals surface area contributed by atoms with Crippen molar-refractivity contribution >= 4 is 11.6 Å². The molecular weight excluding hydrogens is 356 g/mol. The lowest BCUT2D eigenvalue weighted by molar-refractivity contribution is -0.119. The van der Waals surface area contributed by atoms with E-state index in [-0.39, 0.29) is 19.2 Å². The number of carbonyl (C=O) groups excluding carboxylic acids is 1. The number of carbonyl (C=O) groups is 1. The summed E-state index contributed by atoms with van der Waals surface area (Å²) < 4.78 is 16.2. The van der Waals surface area contributed by atoms with Crippen LogP contribution in [0, 0.1) is 0 Å². The van der Waals surface area contributed by atoms with Crippen LogP contribution < -0.4 is 14.4 Å². The van der Waals surface area contributed by atoms with E-state index in [1.807, 2.05) is 72.6 Å². The molecule has 0 unspecified atom stereocenters. The Morgan fingerprint density at radius 3 is 2.57 bits per heavy atom. The van der Waals surface area contributed by atoms with Crippen LogP contribution in [-0.2, 0) is 17.9 Å². The number of para-hydroxylation sites is 1. The molecule has 0 aliphatic carbocycles. The fourth-order valence-corrected chi connectivity index (χ4v) is 3.21. The largest absolute Gasteiger partial charge is 0.467 e. The number of furan rings is 1. The first-order valence-corrected chi connectivity index (χ1v) is 9.14. The van der Waals surface area contributed by atoms with E-state index in [1.165, 1.54) is 0 Å². The zero-order valence-electron chi connectivity index (χ0n) is 15.7. The molecule has 6 nitrogen and oxygen atoms in total. The van der Waals surface area contributed by atoms with E-state index in [0.29, 0.717) is 13.1 Å². The van der Waals surface area contributed by atoms with Crippen LogP contribution in [0.5, 0.6) is 11.5 Å². The number of hydrogen-bond donors (Lipinski definition) is 0. The lowest BCUT2D eigenvalue weighted by atomic mass is 10.2. The van der Waals surface area contributed by atoms with Gasteiger partial charge in [0.15, 0.2) is 11.5 Å². The molecule has 0 fully saturated rings. The molecule has 1 aliphatic heterocycles. The topological polar surface area (TPSA) is 55.2 Å². The molecular formula is C22H22N2O4. The highest BCUT2D eigenvalue weighted by molar-refractivity contribution is 5.94. The number of hydrogen-bond acceptors (Lipinski definition) is 5. The number of rotatable bonds is 7. The first kappa shape index (κ1) is 18.1. The SMILES string of the molecule is CN(CC(=O)N(Cc1ccco1)c1ccccc1)Cc1ccc2c(c1)OCO2. The second-order valence-electron chi connectivity index (χ2n) is 6.75. The Balaban J connectivity index is 1.44. The normalized spacial score (nSPS) is 12.4. The third-order valence-electron chi connectivity index (χ3n) is 4.56. The Labute approximate surface area is 163 Å². The van der Waals surface area contributed by atoms with Gasteiger partial charge in [0.1, 0.15) is 5.76 Å². The van der Waals surface area contributed by atoms with Crippen LogP contribution in [0.4, 0.5) is 5.69 Å². The molecule has 0 atom stereocenters. The van der Waals surface area contributed by atoms with Crippen molar-refractivity contribution in [3.05, 3.63) is 78.3 Å². The summed E-state index contributed by atoms with van der Waals surface area (Å²) in [7, 11) is 1.93. The molecule has 1 amide bonds. The molecule has 0 bridgehead atoms. The fourth-order valence-electron chi connectivity index (χ4n) is 3.21. The van der Waals surface area contributed by atoms with Gasteiger partial charge < -0.3 is 18.8 Å². The fraction of sp³-hybridized carbons (Fsp3) is 0.227. The van der Waals surface area contributed by atoms with Crippen molar-refractivity contribution < 1.29 is 18.7 Å². The van der Waals surface area contributed by atoms with Crippen LogP contribution in [-0.4, -0.2) is 31.2 Å². The summed E-state index contributed by atoms with van der Waals surface area (Å²) >= 11 is 0. The van der Waals surface area contributed by atoms with Crippen LogP contribution in [0.1, 0.15) is 11.3 Å². The maximum absolute atomic E-state index is 13.1. The van der Waals surface area contributed by atoms with Crippen molar-refractivity contribution in [1.29, 1.82) is 0 Å². The second kappa shape index (κ2) is 8.19. The van der Waals surface area contributed by atoms with Crippen LogP contribution in [0.15, 0.2) is 71.3 Å². The van der Waals surface area contributed by atoms with Crippen molar-refractivity contribution in [3.63, 3.8) is 0 Å². The summed E-state index contributed by atoms with van der Waals surface area (Å²) in [6.07, 6.45) is 1.62. The standard InChI is InChI=1S/C22H22N2O4/c1-23(13-17-9-10-20-21(12-17)28-16-27-20)15-22(25)24(14-19-8-5-11-26-19)18-6-3-2-4-7-18/h2-12H,13-16H2,1H3. The van der Waals surface area contributed by atoms with Crippen LogP contribution in [0.2, 0.25) is 0 Å². The highest BCUT2D eigenvalue weighted by atomic mass is 16.7. The zero-order valence-corrected chi connectivity index (χ0v) is 15.7. The Hall–Kier alpha value is -3.25. The molecule has 0 spiro atoms. The number of amides is 1. The van der Waals surface area contributed by atoms with Crippen molar-refractivity contribution in [1.82, 2.24) is 4.90 Å². The lowest BCUT2D eigenvalue weighted by Crippen LogP contribution is -2.38. The van der Waals surface area contributed by atoms with Gasteiger partial charge in [-0.2, -0.15) is 0 Å². The van der Waals surface area contributed by atoms with Crippen molar-refractivity contribution in [2.45, 2.75) is 13.1 Å². The summed E-state index contributed by atoms with van der Waals surface area (Å²) in [5.41, 5.74) is 1.91. The summed E-state index contributed by atoms with van der Waals surface area (Å²) in [5, 5.41) is 0. The van der Waals surface area contributed by atoms with Gasteiger partial charge in [0, 0.05) is 12.2 Å². The molecule has 2 aromatic carbocycles. The van der Waals surface area contributed by atoms with Crippen molar-refractivity contribution in [2.75, 3.05) is 25.3 Å². The third-order valence-corrected chi connectivity index (χ3v) is 4.56. The predicted molar refractivity (Wildman–Crippen MR) is 105 cm³/mol. The smallest absolute Gasteiger partial charge is 0.241 e.